The van der Waals surface area contributed by atoms with Crippen LogP contribution in [0.3, 0.4) is 0 Å². The molecule has 1 heterocycles. The smallest absolute Gasteiger partial charge is 0.123 e. The van der Waals surface area contributed by atoms with Crippen LogP contribution >= 0.6 is 0 Å². The monoisotopic (exact) mass is 292 g/mol. The van der Waals surface area contributed by atoms with Crippen molar-refractivity contribution in [3.05, 3.63) is 35.6 Å². The zero-order valence-corrected chi connectivity index (χ0v) is 14.0. The molecule has 0 aliphatic carbocycles. The summed E-state index contributed by atoms with van der Waals surface area (Å²) < 4.78 is 13.1. The van der Waals surface area contributed by atoms with E-state index in [0.29, 0.717) is 18.1 Å². The van der Waals surface area contributed by atoms with Crippen LogP contribution in [-0.4, -0.2) is 30.1 Å². The first-order chi connectivity index (χ1) is 9.82. The molecule has 0 bridgehead atoms. The lowest BCUT2D eigenvalue weighted by atomic mass is 9.84. The molecule has 2 nitrogen and oxygen atoms in total. The topological polar surface area (TPSA) is 15.3 Å². The van der Waals surface area contributed by atoms with Gasteiger partial charge in [-0.3, -0.25) is 4.90 Å². The molecule has 0 aromatic heterocycles. The molecule has 2 rings (SSSR count). The van der Waals surface area contributed by atoms with Crippen molar-refractivity contribution in [2.45, 2.75) is 59.2 Å². The maximum Gasteiger partial charge on any atom is 0.123 e. The Morgan fingerprint density at radius 3 is 2.43 bits per heavy atom. The highest BCUT2D eigenvalue weighted by Crippen LogP contribution is 2.30. The molecular weight excluding hydrogens is 263 g/mol. The van der Waals surface area contributed by atoms with Crippen LogP contribution in [0.1, 0.15) is 52.6 Å². The number of nitrogens with zero attached hydrogens (tertiary/aromatic N) is 1. The Balaban J connectivity index is 2.18. The molecule has 1 saturated heterocycles. The number of piperazine rings is 1. The van der Waals surface area contributed by atoms with E-state index in [1.807, 2.05) is 12.1 Å². The molecule has 1 aromatic rings. The Bertz CT molecular complexity index is 449. The fraction of sp³-hybridized carbons (Fsp3) is 0.667. The van der Waals surface area contributed by atoms with Gasteiger partial charge in [0.2, 0.25) is 0 Å². The molecule has 1 N–H and O–H groups in total. The second-order valence-corrected chi connectivity index (χ2v) is 7.31. The Morgan fingerprint density at radius 1 is 1.29 bits per heavy atom. The van der Waals surface area contributed by atoms with Crippen LogP contribution in [0.5, 0.6) is 0 Å². The van der Waals surface area contributed by atoms with Gasteiger partial charge in [-0.05, 0) is 36.5 Å². The normalized spacial score (nSPS) is 25.8. The van der Waals surface area contributed by atoms with Gasteiger partial charge >= 0.3 is 0 Å². The Morgan fingerprint density at radius 2 is 1.90 bits per heavy atom. The molecule has 1 aromatic carbocycles. The van der Waals surface area contributed by atoms with E-state index in [4.69, 9.17) is 0 Å². The minimum absolute atomic E-state index is 0.161. The van der Waals surface area contributed by atoms with Crippen LogP contribution in [0.2, 0.25) is 0 Å². The average Bonchev–Trinajstić information content (AvgIpc) is 2.45. The average molecular weight is 292 g/mol. The first-order valence-electron chi connectivity index (χ1n) is 8.07. The molecule has 3 heteroatoms. The molecule has 0 spiro atoms. The second-order valence-electron chi connectivity index (χ2n) is 7.31. The van der Waals surface area contributed by atoms with Crippen LogP contribution in [0.15, 0.2) is 24.3 Å². The van der Waals surface area contributed by atoms with Crippen LogP contribution in [0, 0.1) is 11.2 Å². The highest BCUT2D eigenvalue weighted by Gasteiger charge is 2.35. The summed E-state index contributed by atoms with van der Waals surface area (Å²) in [5.41, 5.74) is 1.45. The molecule has 0 radical (unpaired) electrons. The van der Waals surface area contributed by atoms with Crippen molar-refractivity contribution in [3.63, 3.8) is 0 Å². The van der Waals surface area contributed by atoms with Crippen LogP contribution in [0.25, 0.3) is 0 Å². The molecule has 3 unspecified atom stereocenters. The van der Waals surface area contributed by atoms with E-state index in [0.717, 1.165) is 19.5 Å². The summed E-state index contributed by atoms with van der Waals surface area (Å²) in [6.07, 6.45) is 1.13. The molecule has 3 atom stereocenters. The van der Waals surface area contributed by atoms with Gasteiger partial charge in [0, 0.05) is 31.2 Å². The number of hydrogen-bond donors (Lipinski definition) is 1. The largest absolute Gasteiger partial charge is 0.311 e. The van der Waals surface area contributed by atoms with Crippen LogP contribution in [-0.2, 0) is 0 Å². The second kappa shape index (κ2) is 6.45. The van der Waals surface area contributed by atoms with E-state index >= 15 is 0 Å². The molecule has 0 saturated carbocycles. The highest BCUT2D eigenvalue weighted by atomic mass is 19.1. The van der Waals surface area contributed by atoms with Crippen molar-refractivity contribution in [2.75, 3.05) is 13.1 Å². The SMILES string of the molecule is CCC1CNC(C(C)(C)C)CN1C(C)c1ccc(F)cc1. The summed E-state index contributed by atoms with van der Waals surface area (Å²) in [6.45, 7) is 13.4. The number of benzene rings is 1. The lowest BCUT2D eigenvalue weighted by molar-refractivity contribution is 0.0530. The van der Waals surface area contributed by atoms with Gasteiger partial charge in [-0.25, -0.2) is 4.39 Å². The predicted octanol–water partition coefficient (Wildman–Crippen LogP) is 3.99. The van der Waals surface area contributed by atoms with Crippen molar-refractivity contribution in [3.8, 4) is 0 Å². The van der Waals surface area contributed by atoms with Crippen LogP contribution in [0.4, 0.5) is 4.39 Å². The standard InChI is InChI=1S/C18H29FN2/c1-6-16-11-20-17(18(3,4)5)12-21(16)13(2)14-7-9-15(19)10-8-14/h7-10,13,16-17,20H,6,11-12H2,1-5H3. The quantitative estimate of drug-likeness (QED) is 0.906. The van der Waals surface area contributed by atoms with E-state index in [2.05, 4.69) is 44.8 Å². The molecular formula is C18H29FN2. The van der Waals surface area contributed by atoms with Crippen molar-refractivity contribution in [1.29, 1.82) is 0 Å². The number of halogens is 1. The lowest BCUT2D eigenvalue weighted by Crippen LogP contribution is -2.60. The Hall–Kier alpha value is -0.930. The van der Waals surface area contributed by atoms with E-state index in [1.165, 1.54) is 5.56 Å². The fourth-order valence-corrected chi connectivity index (χ4v) is 3.19. The summed E-state index contributed by atoms with van der Waals surface area (Å²) in [5, 5.41) is 3.70. The van der Waals surface area contributed by atoms with Gasteiger partial charge < -0.3 is 5.32 Å². The lowest BCUT2D eigenvalue weighted by Gasteiger charge is -2.47. The maximum atomic E-state index is 13.1. The molecule has 118 valence electrons. The summed E-state index contributed by atoms with van der Waals surface area (Å²) in [6, 6.07) is 8.32. The fourth-order valence-electron chi connectivity index (χ4n) is 3.19. The predicted molar refractivity (Wildman–Crippen MR) is 86.8 cm³/mol. The van der Waals surface area contributed by atoms with E-state index in [1.54, 1.807) is 12.1 Å². The zero-order valence-electron chi connectivity index (χ0n) is 14.0. The van der Waals surface area contributed by atoms with Gasteiger partial charge in [0.1, 0.15) is 5.82 Å². The minimum atomic E-state index is -0.161. The molecule has 0 amide bonds. The van der Waals surface area contributed by atoms with E-state index in [-0.39, 0.29) is 11.2 Å². The molecule has 1 fully saturated rings. The number of hydrogen-bond acceptors (Lipinski definition) is 2. The van der Waals surface area contributed by atoms with E-state index in [9.17, 15) is 4.39 Å². The minimum Gasteiger partial charge on any atom is -0.311 e. The number of nitrogens with one attached hydrogen (secondary N) is 1. The third-order valence-electron chi connectivity index (χ3n) is 4.83. The zero-order chi connectivity index (χ0) is 15.6. The van der Waals surface area contributed by atoms with Crippen molar-refractivity contribution in [2.24, 2.45) is 5.41 Å². The summed E-state index contributed by atoms with van der Waals surface area (Å²) in [4.78, 5) is 2.58. The molecule has 1 aliphatic rings. The number of rotatable bonds is 3. The Labute approximate surface area is 128 Å². The van der Waals surface area contributed by atoms with Gasteiger partial charge in [0.15, 0.2) is 0 Å². The molecule has 21 heavy (non-hydrogen) atoms. The van der Waals surface area contributed by atoms with Gasteiger partial charge in [-0.2, -0.15) is 0 Å². The van der Waals surface area contributed by atoms with Crippen molar-refractivity contribution < 1.29 is 4.39 Å². The van der Waals surface area contributed by atoms with Gasteiger partial charge in [-0.1, -0.05) is 39.8 Å². The third kappa shape index (κ3) is 3.83. The highest BCUT2D eigenvalue weighted by molar-refractivity contribution is 5.20. The van der Waals surface area contributed by atoms with Gasteiger partial charge in [0.05, 0.1) is 0 Å². The maximum absolute atomic E-state index is 13.1. The molecule has 1 aliphatic heterocycles. The van der Waals surface area contributed by atoms with Gasteiger partial charge in [-0.15, -0.1) is 0 Å². The first kappa shape index (κ1) is 16.4. The van der Waals surface area contributed by atoms with Crippen molar-refractivity contribution >= 4 is 0 Å². The summed E-state index contributed by atoms with van der Waals surface area (Å²) >= 11 is 0. The summed E-state index contributed by atoms with van der Waals surface area (Å²) in [5.74, 6) is -0.161. The van der Waals surface area contributed by atoms with Crippen molar-refractivity contribution in [1.82, 2.24) is 10.2 Å². The van der Waals surface area contributed by atoms with E-state index < -0.39 is 0 Å². The third-order valence-corrected chi connectivity index (χ3v) is 4.83. The Kier molecular flexibility index (Phi) is 5.05. The first-order valence-corrected chi connectivity index (χ1v) is 8.07. The van der Waals surface area contributed by atoms with Crippen LogP contribution < -0.4 is 5.32 Å². The summed E-state index contributed by atoms with van der Waals surface area (Å²) in [7, 11) is 0. The van der Waals surface area contributed by atoms with Gasteiger partial charge in [0.25, 0.3) is 0 Å².